The van der Waals surface area contributed by atoms with Gasteiger partial charge in [-0.25, -0.2) is 14.4 Å². The van der Waals surface area contributed by atoms with Gasteiger partial charge in [0.15, 0.2) is 0 Å². The third-order valence-electron chi connectivity index (χ3n) is 5.39. The second kappa shape index (κ2) is 10.4. The van der Waals surface area contributed by atoms with Gasteiger partial charge in [-0.15, -0.1) is 0 Å². The molecular formula is C23H30ClFN4O2. The van der Waals surface area contributed by atoms with E-state index in [0.29, 0.717) is 61.5 Å². The summed E-state index contributed by atoms with van der Waals surface area (Å²) < 4.78 is 19.9. The molecular weight excluding hydrogens is 419 g/mol. The molecule has 0 unspecified atom stereocenters. The molecule has 0 bridgehead atoms. The summed E-state index contributed by atoms with van der Waals surface area (Å²) in [6, 6.07) is 4.69. The smallest absolute Gasteiger partial charge is 0.222 e. The first-order valence-electron chi connectivity index (χ1n) is 10.6. The van der Waals surface area contributed by atoms with Crippen LogP contribution in [0.15, 0.2) is 18.2 Å². The van der Waals surface area contributed by atoms with Crippen LogP contribution in [0.2, 0.25) is 5.02 Å². The third-order valence-corrected chi connectivity index (χ3v) is 5.75. The molecule has 8 heteroatoms. The summed E-state index contributed by atoms with van der Waals surface area (Å²) in [4.78, 5) is 25.8. The van der Waals surface area contributed by atoms with Crippen molar-refractivity contribution in [3.63, 3.8) is 0 Å². The minimum Gasteiger partial charge on any atom is -0.378 e. The molecule has 2 aromatic rings. The number of halogens is 2. The molecule has 1 saturated heterocycles. The van der Waals surface area contributed by atoms with Crippen molar-refractivity contribution in [2.45, 2.75) is 40.2 Å². The minimum atomic E-state index is -0.355. The molecule has 0 spiro atoms. The fourth-order valence-corrected chi connectivity index (χ4v) is 4.09. The Kier molecular flexibility index (Phi) is 7.84. The van der Waals surface area contributed by atoms with Gasteiger partial charge in [0, 0.05) is 62.3 Å². The molecule has 0 radical (unpaired) electrons. The first-order valence-corrected chi connectivity index (χ1v) is 11.0. The molecule has 0 saturated carbocycles. The van der Waals surface area contributed by atoms with E-state index in [2.05, 4.69) is 23.7 Å². The minimum absolute atomic E-state index is 0.187. The number of carbonyl (C=O) groups excluding carboxylic acids is 1. The number of anilines is 1. The lowest BCUT2D eigenvalue weighted by atomic mass is 10.0. The van der Waals surface area contributed by atoms with Gasteiger partial charge in [0.1, 0.15) is 17.5 Å². The topological polar surface area (TPSA) is 58.6 Å². The fourth-order valence-electron chi connectivity index (χ4n) is 3.86. The highest BCUT2D eigenvalue weighted by Gasteiger charge is 2.26. The molecule has 1 fully saturated rings. The van der Waals surface area contributed by atoms with Gasteiger partial charge in [-0.3, -0.25) is 4.79 Å². The highest BCUT2D eigenvalue weighted by molar-refractivity contribution is 6.31. The van der Waals surface area contributed by atoms with Crippen molar-refractivity contribution in [1.82, 2.24) is 14.9 Å². The van der Waals surface area contributed by atoms with Crippen LogP contribution in [0.5, 0.6) is 0 Å². The van der Waals surface area contributed by atoms with Crippen LogP contribution in [0.25, 0.3) is 0 Å². The number of ether oxygens (including phenoxy) is 1. The lowest BCUT2D eigenvalue weighted by molar-refractivity contribution is -0.132. The van der Waals surface area contributed by atoms with Gasteiger partial charge >= 0.3 is 0 Å². The Morgan fingerprint density at radius 3 is 2.52 bits per heavy atom. The Hall–Kier alpha value is -2.25. The van der Waals surface area contributed by atoms with Crippen LogP contribution < -0.4 is 4.90 Å². The molecule has 0 N–H and O–H groups in total. The average Bonchev–Trinajstić information content (AvgIpc) is 2.71. The van der Waals surface area contributed by atoms with Gasteiger partial charge in [0.25, 0.3) is 0 Å². The predicted octanol–water partition coefficient (Wildman–Crippen LogP) is 4.01. The van der Waals surface area contributed by atoms with Gasteiger partial charge < -0.3 is 14.5 Å². The lowest BCUT2D eigenvalue weighted by Crippen LogP contribution is -2.49. The van der Waals surface area contributed by atoms with Gasteiger partial charge in [0.05, 0.1) is 12.3 Å². The number of aryl methyl sites for hydroxylation is 1. The van der Waals surface area contributed by atoms with E-state index >= 15 is 0 Å². The Morgan fingerprint density at radius 1 is 1.19 bits per heavy atom. The fraction of sp³-hybridized carbons (Fsp3) is 0.522. The largest absolute Gasteiger partial charge is 0.378 e. The molecule has 2 heterocycles. The van der Waals surface area contributed by atoms with Crippen LogP contribution in [0.3, 0.4) is 0 Å². The first kappa shape index (κ1) is 23.4. The summed E-state index contributed by atoms with van der Waals surface area (Å²) in [5.74, 6) is 1.56. The number of benzene rings is 1. The number of nitrogens with zero attached hydrogens (tertiary/aromatic N) is 4. The van der Waals surface area contributed by atoms with Crippen molar-refractivity contribution >= 4 is 23.3 Å². The molecule has 0 aliphatic carbocycles. The van der Waals surface area contributed by atoms with E-state index in [-0.39, 0.29) is 18.1 Å². The highest BCUT2D eigenvalue weighted by Crippen LogP contribution is 2.30. The number of aromatic nitrogens is 2. The second-order valence-electron chi connectivity index (χ2n) is 8.30. The standard InChI is InChI=1S/C23H30ClFN4O2/c1-15(2)12-22(30)28-8-10-29(11-9-28)23-18(21(14-31-4)26-16(3)27-23)13-17-19(24)6-5-7-20(17)25/h5-7,15H,8-14H2,1-4H3. The highest BCUT2D eigenvalue weighted by atomic mass is 35.5. The summed E-state index contributed by atoms with van der Waals surface area (Å²) >= 11 is 6.30. The predicted molar refractivity (Wildman–Crippen MR) is 120 cm³/mol. The molecule has 6 nitrogen and oxygen atoms in total. The molecule has 1 aliphatic rings. The average molecular weight is 449 g/mol. The lowest BCUT2D eigenvalue weighted by Gasteiger charge is -2.37. The van der Waals surface area contributed by atoms with Gasteiger partial charge in [-0.1, -0.05) is 31.5 Å². The molecule has 31 heavy (non-hydrogen) atoms. The monoisotopic (exact) mass is 448 g/mol. The van der Waals surface area contributed by atoms with E-state index in [9.17, 15) is 9.18 Å². The Balaban J connectivity index is 1.91. The Bertz CT molecular complexity index is 910. The van der Waals surface area contributed by atoms with E-state index in [1.807, 2.05) is 11.8 Å². The zero-order valence-corrected chi connectivity index (χ0v) is 19.4. The first-order chi connectivity index (χ1) is 14.8. The SMILES string of the molecule is COCc1nc(C)nc(N2CCN(C(=O)CC(C)C)CC2)c1Cc1c(F)cccc1Cl. The van der Waals surface area contributed by atoms with E-state index in [1.54, 1.807) is 19.2 Å². The maximum absolute atomic E-state index is 14.5. The normalized spacial score (nSPS) is 14.4. The number of hydrogen-bond acceptors (Lipinski definition) is 5. The summed E-state index contributed by atoms with van der Waals surface area (Å²) in [6.45, 7) is 8.82. The zero-order valence-electron chi connectivity index (χ0n) is 18.6. The Labute approximate surface area is 188 Å². The maximum atomic E-state index is 14.5. The van der Waals surface area contributed by atoms with Crippen LogP contribution in [0, 0.1) is 18.7 Å². The Morgan fingerprint density at radius 2 is 1.90 bits per heavy atom. The summed E-state index contributed by atoms with van der Waals surface area (Å²) in [5, 5.41) is 0.374. The van der Waals surface area contributed by atoms with Crippen LogP contribution in [-0.2, 0) is 22.6 Å². The van der Waals surface area contributed by atoms with Crippen LogP contribution >= 0.6 is 11.6 Å². The molecule has 1 aromatic heterocycles. The molecule has 0 atom stereocenters. The number of amides is 1. The van der Waals surface area contributed by atoms with E-state index in [0.717, 1.165) is 17.1 Å². The van der Waals surface area contributed by atoms with Crippen molar-refractivity contribution in [3.8, 4) is 0 Å². The summed E-state index contributed by atoms with van der Waals surface area (Å²) in [7, 11) is 1.61. The quantitative estimate of drug-likeness (QED) is 0.640. The molecule has 1 aromatic carbocycles. The third kappa shape index (κ3) is 5.71. The van der Waals surface area contributed by atoms with Crippen molar-refractivity contribution in [2.24, 2.45) is 5.92 Å². The second-order valence-corrected chi connectivity index (χ2v) is 8.70. The number of carbonyl (C=O) groups is 1. The van der Waals surface area contributed by atoms with Crippen LogP contribution in [0.1, 0.15) is 42.9 Å². The summed E-state index contributed by atoms with van der Waals surface area (Å²) in [6.07, 6.45) is 0.827. The van der Waals surface area contributed by atoms with E-state index in [1.165, 1.54) is 6.07 Å². The van der Waals surface area contributed by atoms with Crippen molar-refractivity contribution in [2.75, 3.05) is 38.2 Å². The van der Waals surface area contributed by atoms with Crippen LogP contribution in [0.4, 0.5) is 10.2 Å². The van der Waals surface area contributed by atoms with Crippen molar-refractivity contribution in [3.05, 3.63) is 51.7 Å². The van der Waals surface area contributed by atoms with Gasteiger partial charge in [-0.2, -0.15) is 0 Å². The number of piperazine rings is 1. The number of rotatable bonds is 7. The summed E-state index contributed by atoms with van der Waals surface area (Å²) in [5.41, 5.74) is 1.95. The molecule has 3 rings (SSSR count). The maximum Gasteiger partial charge on any atom is 0.222 e. The molecule has 168 valence electrons. The van der Waals surface area contributed by atoms with E-state index < -0.39 is 0 Å². The van der Waals surface area contributed by atoms with E-state index in [4.69, 9.17) is 21.3 Å². The van der Waals surface area contributed by atoms with Crippen molar-refractivity contribution < 1.29 is 13.9 Å². The molecule has 1 amide bonds. The molecule has 1 aliphatic heterocycles. The number of methoxy groups -OCH3 is 1. The number of hydrogen-bond donors (Lipinski definition) is 0. The zero-order chi connectivity index (χ0) is 22.5. The van der Waals surface area contributed by atoms with Gasteiger partial charge in [0.2, 0.25) is 5.91 Å². The van der Waals surface area contributed by atoms with Crippen molar-refractivity contribution in [1.29, 1.82) is 0 Å². The van der Waals surface area contributed by atoms with Gasteiger partial charge in [-0.05, 0) is 25.0 Å². The van der Waals surface area contributed by atoms with Crippen LogP contribution in [-0.4, -0.2) is 54.1 Å².